The number of hydrogen-bond donors (Lipinski definition) is 1. The Morgan fingerprint density at radius 2 is 2.12 bits per heavy atom. The number of H-pyrrole nitrogens is 1. The molecule has 2 aromatic rings. The normalized spacial score (nSPS) is 9.65. The fourth-order valence-corrected chi connectivity index (χ4v) is 1.78. The van der Waals surface area contributed by atoms with Crippen LogP contribution in [0.2, 0.25) is 0 Å². The minimum absolute atomic E-state index is 0.587. The molecule has 0 spiro atoms. The third kappa shape index (κ3) is 2.35. The number of rotatable bonds is 2. The van der Waals surface area contributed by atoms with Gasteiger partial charge in [0.15, 0.2) is 0 Å². The number of hydrogen-bond acceptors (Lipinski definition) is 3. The summed E-state index contributed by atoms with van der Waals surface area (Å²) in [5, 5.41) is 8.91. The van der Waals surface area contributed by atoms with Crippen LogP contribution < -0.4 is 4.74 Å². The number of nitrogens with one attached hydrogen (secondary N) is 1. The summed E-state index contributed by atoms with van der Waals surface area (Å²) in [6.45, 7) is 0. The quantitative estimate of drug-likeness (QED) is 0.822. The second-order valence-electron chi connectivity index (χ2n) is 3.46. The van der Waals surface area contributed by atoms with Crippen LogP contribution in [0.15, 0.2) is 36.5 Å². The van der Waals surface area contributed by atoms with Crippen molar-refractivity contribution in [1.29, 1.82) is 5.26 Å². The number of nitriles is 1. The molecule has 0 bridgehead atoms. The molecular weight excluding hydrogens is 232 g/mol. The highest BCUT2D eigenvalue weighted by Gasteiger charge is 2.07. The number of benzene rings is 1. The minimum Gasteiger partial charge on any atom is -0.496 e. The lowest BCUT2D eigenvalue weighted by Crippen LogP contribution is -1.91. The van der Waals surface area contributed by atoms with Crippen molar-refractivity contribution in [2.75, 3.05) is 7.11 Å². The first kappa shape index (κ1) is 11.4. The van der Waals surface area contributed by atoms with Crippen LogP contribution in [0.25, 0.3) is 11.3 Å². The van der Waals surface area contributed by atoms with Crippen molar-refractivity contribution in [3.05, 3.63) is 46.6 Å². The molecule has 0 fully saturated rings. The van der Waals surface area contributed by atoms with Gasteiger partial charge < -0.3 is 9.72 Å². The molecule has 0 aliphatic carbocycles. The van der Waals surface area contributed by atoms with Crippen LogP contribution >= 0.6 is 12.2 Å². The van der Waals surface area contributed by atoms with Crippen molar-refractivity contribution in [1.82, 2.24) is 4.98 Å². The summed E-state index contributed by atoms with van der Waals surface area (Å²) in [6, 6.07) is 11.0. The Morgan fingerprint density at radius 3 is 2.76 bits per heavy atom. The number of ether oxygens (including phenoxy) is 1. The molecule has 84 valence electrons. The molecule has 4 heteroatoms. The highest BCUT2D eigenvalue weighted by atomic mass is 32.1. The summed E-state index contributed by atoms with van der Waals surface area (Å²) in [4.78, 5) is 3.10. The smallest absolute Gasteiger partial charge is 0.128 e. The lowest BCUT2D eigenvalue weighted by atomic mass is 10.1. The van der Waals surface area contributed by atoms with E-state index in [1.165, 1.54) is 0 Å². The third-order valence-electron chi connectivity index (χ3n) is 2.39. The molecule has 0 atom stereocenters. The van der Waals surface area contributed by atoms with Gasteiger partial charge >= 0.3 is 0 Å². The molecule has 0 amide bonds. The second-order valence-corrected chi connectivity index (χ2v) is 3.94. The van der Waals surface area contributed by atoms with Crippen LogP contribution in [0.5, 0.6) is 5.75 Å². The monoisotopic (exact) mass is 242 g/mol. The van der Waals surface area contributed by atoms with Crippen molar-refractivity contribution in [2.24, 2.45) is 0 Å². The van der Waals surface area contributed by atoms with Gasteiger partial charge in [0, 0.05) is 16.3 Å². The lowest BCUT2D eigenvalue weighted by molar-refractivity contribution is 0.416. The van der Waals surface area contributed by atoms with Gasteiger partial charge in [0.25, 0.3) is 0 Å². The van der Waals surface area contributed by atoms with E-state index >= 15 is 0 Å². The molecule has 1 N–H and O–H groups in total. The molecule has 0 aliphatic heterocycles. The zero-order valence-corrected chi connectivity index (χ0v) is 10.0. The predicted molar refractivity (Wildman–Crippen MR) is 68.3 cm³/mol. The first-order valence-electron chi connectivity index (χ1n) is 5.02. The minimum atomic E-state index is 0.587. The first-order valence-corrected chi connectivity index (χ1v) is 5.42. The standard InChI is InChI=1S/C13H10N2OS/c1-16-13-3-2-9(8-14)6-11(13)12-7-10(17)4-5-15-12/h2-7H,1H3,(H,15,17). The Hall–Kier alpha value is -2.12. The van der Waals surface area contributed by atoms with Gasteiger partial charge in [-0.3, -0.25) is 0 Å². The summed E-state index contributed by atoms with van der Waals surface area (Å²) in [5.41, 5.74) is 2.26. The zero-order chi connectivity index (χ0) is 12.3. The van der Waals surface area contributed by atoms with E-state index in [2.05, 4.69) is 11.1 Å². The van der Waals surface area contributed by atoms with Crippen LogP contribution in [0.4, 0.5) is 0 Å². The molecule has 3 nitrogen and oxygen atoms in total. The van der Waals surface area contributed by atoms with Crippen molar-refractivity contribution < 1.29 is 4.74 Å². The summed E-state index contributed by atoms with van der Waals surface area (Å²) in [7, 11) is 1.60. The van der Waals surface area contributed by atoms with Gasteiger partial charge in [-0.2, -0.15) is 5.26 Å². The van der Waals surface area contributed by atoms with E-state index in [4.69, 9.17) is 22.2 Å². The fraction of sp³-hybridized carbons (Fsp3) is 0.0769. The van der Waals surface area contributed by atoms with Crippen molar-refractivity contribution in [2.45, 2.75) is 0 Å². The van der Waals surface area contributed by atoms with Gasteiger partial charge in [0.1, 0.15) is 5.75 Å². The van der Waals surface area contributed by atoms with Crippen molar-refractivity contribution in [3.63, 3.8) is 0 Å². The van der Waals surface area contributed by atoms with Crippen LogP contribution in [0.3, 0.4) is 0 Å². The predicted octanol–water partition coefficient (Wildman–Crippen LogP) is 3.29. The summed E-state index contributed by atoms with van der Waals surface area (Å²) >= 11 is 5.11. The summed E-state index contributed by atoms with van der Waals surface area (Å²) in [6.07, 6.45) is 1.77. The molecular formula is C13H10N2OS. The molecule has 0 radical (unpaired) electrons. The van der Waals surface area contributed by atoms with Gasteiger partial charge in [0.2, 0.25) is 0 Å². The Labute approximate surface area is 104 Å². The molecule has 2 rings (SSSR count). The Kier molecular flexibility index (Phi) is 3.22. The van der Waals surface area contributed by atoms with E-state index in [1.807, 2.05) is 6.07 Å². The maximum atomic E-state index is 8.91. The largest absolute Gasteiger partial charge is 0.496 e. The van der Waals surface area contributed by atoms with Crippen molar-refractivity contribution >= 4 is 12.2 Å². The van der Waals surface area contributed by atoms with Gasteiger partial charge in [-0.25, -0.2) is 0 Å². The van der Waals surface area contributed by atoms with Gasteiger partial charge in [-0.05, 0) is 30.3 Å². The molecule has 0 aliphatic rings. The maximum absolute atomic E-state index is 8.91. The van der Waals surface area contributed by atoms with E-state index in [0.717, 1.165) is 15.8 Å². The third-order valence-corrected chi connectivity index (χ3v) is 2.65. The van der Waals surface area contributed by atoms with E-state index in [0.29, 0.717) is 11.3 Å². The summed E-state index contributed by atoms with van der Waals surface area (Å²) in [5.74, 6) is 0.709. The van der Waals surface area contributed by atoms with Gasteiger partial charge in [0.05, 0.1) is 24.4 Å². The van der Waals surface area contributed by atoms with Crippen LogP contribution in [0.1, 0.15) is 5.56 Å². The van der Waals surface area contributed by atoms with Crippen LogP contribution in [-0.2, 0) is 0 Å². The Balaban J connectivity index is 2.65. The molecule has 0 saturated heterocycles. The first-order chi connectivity index (χ1) is 8.24. The highest BCUT2D eigenvalue weighted by Crippen LogP contribution is 2.29. The molecule has 0 saturated carbocycles. The highest BCUT2D eigenvalue weighted by molar-refractivity contribution is 7.71. The van der Waals surface area contributed by atoms with Gasteiger partial charge in [-0.15, -0.1) is 0 Å². The van der Waals surface area contributed by atoms with Gasteiger partial charge in [-0.1, -0.05) is 12.2 Å². The molecule has 17 heavy (non-hydrogen) atoms. The number of methoxy groups -OCH3 is 1. The topological polar surface area (TPSA) is 48.8 Å². The van der Waals surface area contributed by atoms with E-state index in [-0.39, 0.29) is 0 Å². The molecule has 1 aromatic carbocycles. The summed E-state index contributed by atoms with van der Waals surface area (Å²) < 4.78 is 6.01. The van der Waals surface area contributed by atoms with Crippen LogP contribution in [0, 0.1) is 15.8 Å². The molecule has 0 unspecified atom stereocenters. The van der Waals surface area contributed by atoms with E-state index in [1.54, 1.807) is 37.6 Å². The Morgan fingerprint density at radius 1 is 1.29 bits per heavy atom. The number of pyridine rings is 1. The SMILES string of the molecule is COc1ccc(C#N)cc1-c1cc(=S)cc[nH]1. The average Bonchev–Trinajstić information content (AvgIpc) is 2.38. The van der Waals surface area contributed by atoms with E-state index < -0.39 is 0 Å². The number of nitrogens with zero attached hydrogens (tertiary/aromatic N) is 1. The number of aromatic amines is 1. The maximum Gasteiger partial charge on any atom is 0.128 e. The number of aromatic nitrogens is 1. The second kappa shape index (κ2) is 4.81. The lowest BCUT2D eigenvalue weighted by Gasteiger charge is -2.08. The molecule has 1 aromatic heterocycles. The zero-order valence-electron chi connectivity index (χ0n) is 9.23. The Bertz CT molecular complexity index is 640. The van der Waals surface area contributed by atoms with E-state index in [9.17, 15) is 0 Å². The average molecular weight is 242 g/mol. The van der Waals surface area contributed by atoms with Crippen LogP contribution in [-0.4, -0.2) is 12.1 Å². The molecule has 1 heterocycles. The fourth-order valence-electron chi connectivity index (χ4n) is 1.59. The van der Waals surface area contributed by atoms with Crippen molar-refractivity contribution in [3.8, 4) is 23.1 Å².